The Labute approximate surface area is 202 Å². The zero-order chi connectivity index (χ0) is 24.3. The smallest absolute Gasteiger partial charge is 0.261 e. The molecule has 0 aromatic heterocycles. The van der Waals surface area contributed by atoms with E-state index in [1.54, 1.807) is 4.90 Å². The van der Waals surface area contributed by atoms with Gasteiger partial charge in [0, 0.05) is 19.5 Å². The van der Waals surface area contributed by atoms with Gasteiger partial charge in [-0.1, -0.05) is 85.3 Å². The predicted octanol–water partition coefficient (Wildman–Crippen LogP) is 4.85. The van der Waals surface area contributed by atoms with Gasteiger partial charge in [0.25, 0.3) is 5.91 Å². The standard InChI is InChI=1S/C29H34N2O3/c1-4-18-30-29(33)26(19-24-11-6-5-7-12-24)31(20-25-16-14-22(2)15-17-25)28(32)21-34-27-13-9-8-10-23(27)3/h5-17,26H,4,18-21H2,1-3H3,(H,30,33)/t26-/m0/s1. The number of rotatable bonds is 11. The molecule has 2 amide bonds. The second kappa shape index (κ2) is 12.6. The number of ether oxygens (including phenoxy) is 1. The Morgan fingerprint density at radius 3 is 2.24 bits per heavy atom. The van der Waals surface area contributed by atoms with Crippen molar-refractivity contribution in [1.29, 1.82) is 0 Å². The van der Waals surface area contributed by atoms with Crippen LogP contribution in [-0.2, 0) is 22.6 Å². The second-order valence-electron chi connectivity index (χ2n) is 8.56. The van der Waals surface area contributed by atoms with Gasteiger partial charge in [0.2, 0.25) is 5.91 Å². The maximum Gasteiger partial charge on any atom is 0.261 e. The summed E-state index contributed by atoms with van der Waals surface area (Å²) < 4.78 is 5.87. The van der Waals surface area contributed by atoms with E-state index in [0.29, 0.717) is 25.3 Å². The highest BCUT2D eigenvalue weighted by molar-refractivity contribution is 5.88. The summed E-state index contributed by atoms with van der Waals surface area (Å²) in [5.74, 6) is 0.291. The van der Waals surface area contributed by atoms with Gasteiger partial charge in [0.1, 0.15) is 11.8 Å². The van der Waals surface area contributed by atoms with Gasteiger partial charge in [-0.3, -0.25) is 9.59 Å². The topological polar surface area (TPSA) is 58.6 Å². The summed E-state index contributed by atoms with van der Waals surface area (Å²) in [4.78, 5) is 28.5. The van der Waals surface area contributed by atoms with Crippen molar-refractivity contribution in [3.63, 3.8) is 0 Å². The van der Waals surface area contributed by atoms with Crippen LogP contribution in [0.2, 0.25) is 0 Å². The minimum absolute atomic E-state index is 0.136. The van der Waals surface area contributed by atoms with Crippen LogP contribution in [0.5, 0.6) is 5.75 Å². The van der Waals surface area contributed by atoms with E-state index in [-0.39, 0.29) is 18.4 Å². The Hall–Kier alpha value is -3.60. The molecule has 0 spiro atoms. The number of hydrogen-bond acceptors (Lipinski definition) is 3. The van der Waals surface area contributed by atoms with Gasteiger partial charge in [-0.05, 0) is 43.0 Å². The fourth-order valence-electron chi connectivity index (χ4n) is 3.75. The van der Waals surface area contributed by atoms with Crippen molar-refractivity contribution in [3.05, 3.63) is 101 Å². The maximum atomic E-state index is 13.5. The summed E-state index contributed by atoms with van der Waals surface area (Å²) >= 11 is 0. The zero-order valence-corrected chi connectivity index (χ0v) is 20.3. The van der Waals surface area contributed by atoms with Crippen molar-refractivity contribution < 1.29 is 14.3 Å². The van der Waals surface area contributed by atoms with Gasteiger partial charge in [0.15, 0.2) is 6.61 Å². The number of para-hydroxylation sites is 1. The SMILES string of the molecule is CCCNC(=O)[C@H](Cc1ccccc1)N(Cc1ccc(C)cc1)C(=O)COc1ccccc1C. The molecule has 0 aliphatic carbocycles. The van der Waals surface area contributed by atoms with Crippen LogP contribution in [-0.4, -0.2) is 35.9 Å². The van der Waals surface area contributed by atoms with Crippen molar-refractivity contribution in [3.8, 4) is 5.75 Å². The van der Waals surface area contributed by atoms with Gasteiger partial charge in [0.05, 0.1) is 0 Å². The lowest BCUT2D eigenvalue weighted by Gasteiger charge is -2.31. The Morgan fingerprint density at radius 1 is 0.882 bits per heavy atom. The van der Waals surface area contributed by atoms with Crippen LogP contribution >= 0.6 is 0 Å². The molecule has 0 heterocycles. The highest BCUT2D eigenvalue weighted by Crippen LogP contribution is 2.19. The Balaban J connectivity index is 1.89. The first-order valence-electron chi connectivity index (χ1n) is 11.8. The van der Waals surface area contributed by atoms with Crippen molar-refractivity contribution in [2.75, 3.05) is 13.2 Å². The number of hydrogen-bond donors (Lipinski definition) is 1. The minimum atomic E-state index is -0.650. The van der Waals surface area contributed by atoms with Crippen LogP contribution in [0.1, 0.15) is 35.6 Å². The molecule has 0 aliphatic rings. The van der Waals surface area contributed by atoms with Crippen LogP contribution in [0.4, 0.5) is 0 Å². The molecular weight excluding hydrogens is 424 g/mol. The van der Waals surface area contributed by atoms with E-state index in [1.807, 2.05) is 99.6 Å². The molecule has 1 N–H and O–H groups in total. The summed E-state index contributed by atoms with van der Waals surface area (Å²) in [7, 11) is 0. The van der Waals surface area contributed by atoms with E-state index < -0.39 is 6.04 Å². The molecule has 0 unspecified atom stereocenters. The van der Waals surface area contributed by atoms with Gasteiger partial charge < -0.3 is 15.0 Å². The van der Waals surface area contributed by atoms with Crippen LogP contribution in [0.25, 0.3) is 0 Å². The number of aryl methyl sites for hydroxylation is 2. The third kappa shape index (κ3) is 7.20. The molecule has 34 heavy (non-hydrogen) atoms. The molecule has 0 bridgehead atoms. The fourth-order valence-corrected chi connectivity index (χ4v) is 3.75. The van der Waals surface area contributed by atoms with Gasteiger partial charge in [-0.2, -0.15) is 0 Å². The quantitative estimate of drug-likeness (QED) is 0.447. The Morgan fingerprint density at radius 2 is 1.56 bits per heavy atom. The lowest BCUT2D eigenvalue weighted by Crippen LogP contribution is -2.51. The monoisotopic (exact) mass is 458 g/mol. The molecule has 0 saturated carbocycles. The van der Waals surface area contributed by atoms with Crippen molar-refractivity contribution >= 4 is 11.8 Å². The van der Waals surface area contributed by atoms with Crippen LogP contribution in [0.15, 0.2) is 78.9 Å². The molecule has 3 aromatic carbocycles. The zero-order valence-electron chi connectivity index (χ0n) is 20.3. The maximum absolute atomic E-state index is 13.5. The molecule has 178 valence electrons. The van der Waals surface area contributed by atoms with Crippen LogP contribution < -0.4 is 10.1 Å². The minimum Gasteiger partial charge on any atom is -0.484 e. The first-order chi connectivity index (χ1) is 16.5. The molecule has 1 atom stereocenters. The normalized spacial score (nSPS) is 11.5. The highest BCUT2D eigenvalue weighted by Gasteiger charge is 2.30. The van der Waals surface area contributed by atoms with Crippen molar-refractivity contribution in [1.82, 2.24) is 10.2 Å². The van der Waals surface area contributed by atoms with E-state index >= 15 is 0 Å². The fraction of sp³-hybridized carbons (Fsp3) is 0.310. The molecule has 0 radical (unpaired) electrons. The van der Waals surface area contributed by atoms with Crippen LogP contribution in [0, 0.1) is 13.8 Å². The van der Waals surface area contributed by atoms with E-state index in [0.717, 1.165) is 28.7 Å². The molecule has 5 nitrogen and oxygen atoms in total. The van der Waals surface area contributed by atoms with Crippen molar-refractivity contribution in [2.24, 2.45) is 0 Å². The lowest BCUT2D eigenvalue weighted by atomic mass is 10.0. The van der Waals surface area contributed by atoms with Gasteiger partial charge >= 0.3 is 0 Å². The predicted molar refractivity (Wildman–Crippen MR) is 136 cm³/mol. The number of amides is 2. The van der Waals surface area contributed by atoms with E-state index in [1.165, 1.54) is 0 Å². The summed E-state index contributed by atoms with van der Waals surface area (Å²) in [5, 5.41) is 2.99. The average molecular weight is 459 g/mol. The first kappa shape index (κ1) is 25.0. The number of carbonyl (C=O) groups excluding carboxylic acids is 2. The molecular formula is C29H34N2O3. The highest BCUT2D eigenvalue weighted by atomic mass is 16.5. The van der Waals surface area contributed by atoms with Crippen LogP contribution in [0.3, 0.4) is 0 Å². The summed E-state index contributed by atoms with van der Waals surface area (Å²) in [6, 6.07) is 24.8. The number of benzene rings is 3. The summed E-state index contributed by atoms with van der Waals surface area (Å²) in [6.45, 7) is 6.74. The second-order valence-corrected chi connectivity index (χ2v) is 8.56. The third-order valence-corrected chi connectivity index (χ3v) is 5.74. The Bertz CT molecular complexity index is 1060. The molecule has 3 aromatic rings. The van der Waals surface area contributed by atoms with E-state index in [2.05, 4.69) is 5.32 Å². The third-order valence-electron chi connectivity index (χ3n) is 5.74. The molecule has 3 rings (SSSR count). The number of nitrogens with zero attached hydrogens (tertiary/aromatic N) is 1. The number of nitrogens with one attached hydrogen (secondary N) is 1. The Kier molecular flexibility index (Phi) is 9.27. The van der Waals surface area contributed by atoms with E-state index in [9.17, 15) is 9.59 Å². The van der Waals surface area contributed by atoms with Crippen molar-refractivity contribution in [2.45, 2.75) is 46.2 Å². The molecule has 5 heteroatoms. The van der Waals surface area contributed by atoms with Gasteiger partial charge in [-0.15, -0.1) is 0 Å². The first-order valence-corrected chi connectivity index (χ1v) is 11.8. The summed E-state index contributed by atoms with van der Waals surface area (Å²) in [5.41, 5.74) is 4.07. The lowest BCUT2D eigenvalue weighted by molar-refractivity contribution is -0.142. The largest absolute Gasteiger partial charge is 0.484 e. The molecule has 0 saturated heterocycles. The molecule has 0 fully saturated rings. The number of carbonyl (C=O) groups is 2. The average Bonchev–Trinajstić information content (AvgIpc) is 2.85. The van der Waals surface area contributed by atoms with Gasteiger partial charge in [-0.25, -0.2) is 0 Å². The van der Waals surface area contributed by atoms with E-state index in [4.69, 9.17) is 4.74 Å². The molecule has 0 aliphatic heterocycles. The summed E-state index contributed by atoms with van der Waals surface area (Å²) in [6.07, 6.45) is 1.25.